The number of amides is 1. The van der Waals surface area contributed by atoms with Crippen molar-refractivity contribution in [3.8, 4) is 0 Å². The molecular formula is C11H22N2O3. The number of carboxylic acids is 1. The topological polar surface area (TPSA) is 92.4 Å². The minimum atomic E-state index is -1.03. The van der Waals surface area contributed by atoms with Crippen molar-refractivity contribution in [1.82, 2.24) is 5.32 Å². The standard InChI is InChI=1S/C11H22N2O3/c1-7(2)4-9(6-12)5-10(14)13-8(3)11(15)16/h7-9H,4-6,12H2,1-3H3,(H,13,14)(H,15,16)/t8-,9?/m0/s1. The predicted molar refractivity (Wildman–Crippen MR) is 61.9 cm³/mol. The van der Waals surface area contributed by atoms with E-state index in [4.69, 9.17) is 10.8 Å². The smallest absolute Gasteiger partial charge is 0.325 e. The molecule has 0 rings (SSSR count). The van der Waals surface area contributed by atoms with E-state index in [0.29, 0.717) is 18.9 Å². The van der Waals surface area contributed by atoms with Crippen LogP contribution in [0, 0.1) is 11.8 Å². The van der Waals surface area contributed by atoms with Crippen LogP contribution in [0.3, 0.4) is 0 Å². The number of nitrogens with two attached hydrogens (primary N) is 1. The van der Waals surface area contributed by atoms with E-state index in [-0.39, 0.29) is 11.8 Å². The van der Waals surface area contributed by atoms with Gasteiger partial charge in [0.1, 0.15) is 6.04 Å². The Morgan fingerprint density at radius 3 is 2.25 bits per heavy atom. The van der Waals surface area contributed by atoms with Gasteiger partial charge in [-0.2, -0.15) is 0 Å². The Morgan fingerprint density at radius 2 is 1.88 bits per heavy atom. The largest absolute Gasteiger partial charge is 0.480 e. The Hall–Kier alpha value is -1.10. The quantitative estimate of drug-likeness (QED) is 0.596. The molecule has 5 heteroatoms. The van der Waals surface area contributed by atoms with E-state index in [0.717, 1.165) is 6.42 Å². The Balaban J connectivity index is 4.05. The van der Waals surface area contributed by atoms with E-state index < -0.39 is 12.0 Å². The number of carbonyl (C=O) groups excluding carboxylic acids is 1. The van der Waals surface area contributed by atoms with Gasteiger partial charge in [-0.25, -0.2) is 0 Å². The maximum absolute atomic E-state index is 11.5. The maximum Gasteiger partial charge on any atom is 0.325 e. The fourth-order valence-corrected chi connectivity index (χ4v) is 1.55. The SMILES string of the molecule is CC(C)CC(CN)CC(=O)N[C@@H](C)C(=O)O. The first-order valence-electron chi connectivity index (χ1n) is 5.59. The molecule has 0 aliphatic heterocycles. The van der Waals surface area contributed by atoms with Crippen molar-refractivity contribution in [3.05, 3.63) is 0 Å². The van der Waals surface area contributed by atoms with Crippen LogP contribution in [0.1, 0.15) is 33.6 Å². The van der Waals surface area contributed by atoms with Gasteiger partial charge in [-0.3, -0.25) is 9.59 Å². The lowest BCUT2D eigenvalue weighted by Crippen LogP contribution is -2.39. The monoisotopic (exact) mass is 230 g/mol. The van der Waals surface area contributed by atoms with Crippen LogP contribution in [-0.2, 0) is 9.59 Å². The van der Waals surface area contributed by atoms with E-state index in [1.807, 2.05) is 0 Å². The third-order valence-corrected chi connectivity index (χ3v) is 2.36. The molecule has 4 N–H and O–H groups in total. The molecule has 1 amide bonds. The van der Waals surface area contributed by atoms with Crippen molar-refractivity contribution >= 4 is 11.9 Å². The summed E-state index contributed by atoms with van der Waals surface area (Å²) in [6, 6.07) is -0.843. The third-order valence-electron chi connectivity index (χ3n) is 2.36. The van der Waals surface area contributed by atoms with Gasteiger partial charge in [-0.1, -0.05) is 13.8 Å². The normalized spacial score (nSPS) is 14.6. The van der Waals surface area contributed by atoms with Crippen LogP contribution >= 0.6 is 0 Å². The number of carbonyl (C=O) groups is 2. The van der Waals surface area contributed by atoms with Crippen molar-refractivity contribution in [2.75, 3.05) is 6.54 Å². The highest BCUT2D eigenvalue weighted by atomic mass is 16.4. The Kier molecular flexibility index (Phi) is 6.72. The van der Waals surface area contributed by atoms with E-state index in [2.05, 4.69) is 19.2 Å². The summed E-state index contributed by atoms with van der Waals surface area (Å²) in [5.41, 5.74) is 5.56. The molecule has 1 unspecified atom stereocenters. The minimum absolute atomic E-state index is 0.126. The predicted octanol–water partition coefficient (Wildman–Crippen LogP) is 0.587. The van der Waals surface area contributed by atoms with Gasteiger partial charge in [0.2, 0.25) is 5.91 Å². The highest BCUT2D eigenvalue weighted by Crippen LogP contribution is 2.13. The molecule has 0 saturated carbocycles. The Morgan fingerprint density at radius 1 is 1.31 bits per heavy atom. The van der Waals surface area contributed by atoms with Gasteiger partial charge in [0.05, 0.1) is 0 Å². The molecule has 0 bridgehead atoms. The summed E-state index contributed by atoms with van der Waals surface area (Å²) in [7, 11) is 0. The molecule has 16 heavy (non-hydrogen) atoms. The molecule has 0 aromatic heterocycles. The van der Waals surface area contributed by atoms with Crippen molar-refractivity contribution in [2.45, 2.75) is 39.7 Å². The second-order valence-corrected chi connectivity index (χ2v) is 4.56. The number of hydrogen-bond acceptors (Lipinski definition) is 3. The second kappa shape index (κ2) is 7.22. The fraction of sp³-hybridized carbons (Fsp3) is 0.818. The first kappa shape index (κ1) is 14.9. The van der Waals surface area contributed by atoms with Crippen LogP contribution < -0.4 is 11.1 Å². The Labute approximate surface area is 96.4 Å². The van der Waals surface area contributed by atoms with Crippen LogP contribution in [0.2, 0.25) is 0 Å². The molecule has 0 aromatic rings. The Bertz CT molecular complexity index is 241. The molecule has 0 aromatic carbocycles. The molecule has 0 radical (unpaired) electrons. The van der Waals surface area contributed by atoms with Gasteiger partial charge >= 0.3 is 5.97 Å². The third kappa shape index (κ3) is 6.40. The molecular weight excluding hydrogens is 208 g/mol. The zero-order chi connectivity index (χ0) is 12.7. The van der Waals surface area contributed by atoms with Crippen molar-refractivity contribution in [3.63, 3.8) is 0 Å². The molecule has 0 aliphatic rings. The lowest BCUT2D eigenvalue weighted by atomic mass is 9.94. The molecule has 0 spiro atoms. The molecule has 0 fully saturated rings. The maximum atomic E-state index is 11.5. The summed E-state index contributed by atoms with van der Waals surface area (Å²) < 4.78 is 0. The number of aliphatic carboxylic acids is 1. The average Bonchev–Trinajstić information content (AvgIpc) is 2.15. The van der Waals surface area contributed by atoms with Crippen LogP contribution in [0.5, 0.6) is 0 Å². The first-order valence-corrected chi connectivity index (χ1v) is 5.59. The van der Waals surface area contributed by atoms with Crippen LogP contribution in [0.4, 0.5) is 0 Å². The molecule has 0 saturated heterocycles. The first-order chi connectivity index (χ1) is 7.36. The number of nitrogens with one attached hydrogen (secondary N) is 1. The van der Waals surface area contributed by atoms with Crippen molar-refractivity contribution < 1.29 is 14.7 Å². The van der Waals surface area contributed by atoms with Gasteiger partial charge < -0.3 is 16.2 Å². The summed E-state index contributed by atoms with van der Waals surface area (Å²) in [6.07, 6.45) is 1.18. The molecule has 2 atom stereocenters. The average molecular weight is 230 g/mol. The van der Waals surface area contributed by atoms with E-state index in [1.54, 1.807) is 0 Å². The molecule has 0 heterocycles. The van der Waals surface area contributed by atoms with Crippen LogP contribution in [0.15, 0.2) is 0 Å². The highest BCUT2D eigenvalue weighted by Gasteiger charge is 2.18. The number of carboxylic acid groups (broad SMARTS) is 1. The summed E-state index contributed by atoms with van der Waals surface area (Å²) in [6.45, 7) is 6.04. The summed E-state index contributed by atoms with van der Waals surface area (Å²) in [4.78, 5) is 22.0. The van der Waals surface area contributed by atoms with Gasteiger partial charge in [-0.05, 0) is 31.7 Å². The van der Waals surface area contributed by atoms with Crippen molar-refractivity contribution in [1.29, 1.82) is 0 Å². The zero-order valence-corrected chi connectivity index (χ0v) is 10.2. The minimum Gasteiger partial charge on any atom is -0.480 e. The van der Waals surface area contributed by atoms with Crippen LogP contribution in [-0.4, -0.2) is 29.6 Å². The second-order valence-electron chi connectivity index (χ2n) is 4.56. The highest BCUT2D eigenvalue weighted by molar-refractivity contribution is 5.83. The van der Waals surface area contributed by atoms with Crippen molar-refractivity contribution in [2.24, 2.45) is 17.6 Å². The summed E-state index contributed by atoms with van der Waals surface area (Å²) in [5, 5.41) is 11.1. The van der Waals surface area contributed by atoms with Crippen LogP contribution in [0.25, 0.3) is 0 Å². The lowest BCUT2D eigenvalue weighted by Gasteiger charge is -2.17. The molecule has 5 nitrogen and oxygen atoms in total. The number of hydrogen-bond donors (Lipinski definition) is 3. The van der Waals surface area contributed by atoms with Gasteiger partial charge in [-0.15, -0.1) is 0 Å². The van der Waals surface area contributed by atoms with Gasteiger partial charge in [0.25, 0.3) is 0 Å². The number of rotatable bonds is 7. The lowest BCUT2D eigenvalue weighted by molar-refractivity contribution is -0.141. The molecule has 94 valence electrons. The van der Waals surface area contributed by atoms with E-state index in [9.17, 15) is 9.59 Å². The summed E-state index contributed by atoms with van der Waals surface area (Å²) >= 11 is 0. The van der Waals surface area contributed by atoms with E-state index >= 15 is 0 Å². The van der Waals surface area contributed by atoms with Gasteiger partial charge in [0.15, 0.2) is 0 Å². The molecule has 0 aliphatic carbocycles. The van der Waals surface area contributed by atoms with Gasteiger partial charge in [0, 0.05) is 6.42 Å². The fourth-order valence-electron chi connectivity index (χ4n) is 1.55. The zero-order valence-electron chi connectivity index (χ0n) is 10.2. The van der Waals surface area contributed by atoms with E-state index in [1.165, 1.54) is 6.92 Å². The summed E-state index contributed by atoms with van der Waals surface area (Å²) in [5.74, 6) is -0.660.